The molecule has 1 aromatic rings. The molecule has 0 saturated heterocycles. The molecule has 0 heterocycles. The van der Waals surface area contributed by atoms with Crippen LogP contribution in [0.1, 0.15) is 24.8 Å². The van der Waals surface area contributed by atoms with E-state index in [2.05, 4.69) is 16.0 Å². The molecule has 0 unspecified atom stereocenters. The van der Waals surface area contributed by atoms with Crippen LogP contribution in [0.25, 0.3) is 0 Å². The van der Waals surface area contributed by atoms with Crippen LogP contribution in [0.2, 0.25) is 0 Å². The van der Waals surface area contributed by atoms with Gasteiger partial charge in [0.05, 0.1) is 12.5 Å². The van der Waals surface area contributed by atoms with Gasteiger partial charge in [0.1, 0.15) is 12.1 Å². The maximum atomic E-state index is 12.7. The molecule has 31 heavy (non-hydrogen) atoms. The molecule has 170 valence electrons. The van der Waals surface area contributed by atoms with Crippen LogP contribution in [0, 0.1) is 5.41 Å². The molecule has 1 aromatic carbocycles. The highest BCUT2D eigenvalue weighted by molar-refractivity contribution is 5.93. The van der Waals surface area contributed by atoms with Gasteiger partial charge in [0.15, 0.2) is 5.96 Å². The zero-order valence-corrected chi connectivity index (χ0v) is 17.0. The van der Waals surface area contributed by atoms with E-state index in [1.54, 1.807) is 30.3 Å². The van der Waals surface area contributed by atoms with Gasteiger partial charge in [0, 0.05) is 13.0 Å². The van der Waals surface area contributed by atoms with Crippen molar-refractivity contribution in [1.29, 1.82) is 5.41 Å². The number of nitrogens with one attached hydrogen (secondary N) is 4. The maximum absolute atomic E-state index is 12.7. The van der Waals surface area contributed by atoms with Crippen LogP contribution in [-0.4, -0.2) is 59.4 Å². The molecule has 0 aliphatic heterocycles. The highest BCUT2D eigenvalue weighted by atomic mass is 16.4. The molecule has 1 rings (SSSR count). The van der Waals surface area contributed by atoms with Gasteiger partial charge in [-0.2, -0.15) is 0 Å². The Morgan fingerprint density at radius 3 is 2.16 bits per heavy atom. The number of carbonyl (C=O) groups excluding carboxylic acids is 3. The van der Waals surface area contributed by atoms with E-state index in [9.17, 15) is 24.3 Å². The van der Waals surface area contributed by atoms with E-state index in [0.29, 0.717) is 12.0 Å². The Morgan fingerprint density at radius 1 is 1.00 bits per heavy atom. The number of rotatable bonds is 13. The molecule has 0 radical (unpaired) electrons. The summed E-state index contributed by atoms with van der Waals surface area (Å²) in [6, 6.07) is 5.18. The van der Waals surface area contributed by atoms with Crippen LogP contribution in [0.5, 0.6) is 0 Å². The normalized spacial score (nSPS) is 13.3. The number of aliphatic carboxylic acids is 1. The van der Waals surface area contributed by atoms with E-state index in [-0.39, 0.29) is 25.3 Å². The second kappa shape index (κ2) is 12.8. The highest BCUT2D eigenvalue weighted by Crippen LogP contribution is 2.06. The Balaban J connectivity index is 2.85. The molecule has 3 atom stereocenters. The van der Waals surface area contributed by atoms with Gasteiger partial charge >= 0.3 is 5.97 Å². The Labute approximate surface area is 179 Å². The van der Waals surface area contributed by atoms with Crippen molar-refractivity contribution in [3.05, 3.63) is 35.9 Å². The van der Waals surface area contributed by atoms with E-state index in [1.165, 1.54) is 0 Å². The van der Waals surface area contributed by atoms with Crippen molar-refractivity contribution in [2.24, 2.45) is 17.2 Å². The number of benzene rings is 1. The first-order chi connectivity index (χ1) is 14.6. The summed E-state index contributed by atoms with van der Waals surface area (Å²) in [5, 5.41) is 24.1. The predicted octanol–water partition coefficient (Wildman–Crippen LogP) is -2.25. The van der Waals surface area contributed by atoms with Gasteiger partial charge in [0.25, 0.3) is 0 Å². The fourth-order valence-electron chi connectivity index (χ4n) is 2.71. The van der Waals surface area contributed by atoms with Crippen molar-refractivity contribution in [3.8, 4) is 0 Å². The molecule has 0 aromatic heterocycles. The van der Waals surface area contributed by atoms with Crippen molar-refractivity contribution in [1.82, 2.24) is 16.0 Å². The first-order valence-electron chi connectivity index (χ1n) is 9.59. The van der Waals surface area contributed by atoms with Gasteiger partial charge < -0.3 is 38.3 Å². The standard InChI is InChI=1S/C19H29N7O5/c20-12(10-15(21)27)16(28)25-13(7-4-8-24-19(22)23)17(29)26-14(18(30)31)9-11-5-2-1-3-6-11/h1-3,5-6,12-14H,4,7-10,20H2,(H2,21,27)(H,25,28)(H,26,29)(H,30,31)(H4,22,23,24)/t12-,13-,14+/m1/s1. The van der Waals surface area contributed by atoms with E-state index >= 15 is 0 Å². The number of guanidine groups is 1. The largest absolute Gasteiger partial charge is 0.480 e. The third-order valence-corrected chi connectivity index (χ3v) is 4.27. The van der Waals surface area contributed by atoms with Crippen LogP contribution in [0.4, 0.5) is 0 Å². The van der Waals surface area contributed by atoms with Crippen LogP contribution >= 0.6 is 0 Å². The fraction of sp³-hybridized carbons (Fsp3) is 0.421. The average Bonchev–Trinajstić information content (AvgIpc) is 2.69. The summed E-state index contributed by atoms with van der Waals surface area (Å²) < 4.78 is 0. The van der Waals surface area contributed by atoms with Crippen molar-refractivity contribution in [2.45, 2.75) is 43.8 Å². The first-order valence-corrected chi connectivity index (χ1v) is 9.59. The smallest absolute Gasteiger partial charge is 0.326 e. The second-order valence-electron chi connectivity index (χ2n) is 6.91. The number of carbonyl (C=O) groups is 4. The Kier molecular flexibility index (Phi) is 10.5. The lowest BCUT2D eigenvalue weighted by Crippen LogP contribution is -2.55. The number of amides is 3. The Bertz CT molecular complexity index is 787. The topological polar surface area (TPSA) is 227 Å². The summed E-state index contributed by atoms with van der Waals surface area (Å²) in [5.74, 6) is -3.74. The van der Waals surface area contributed by atoms with Gasteiger partial charge in [0.2, 0.25) is 17.7 Å². The lowest BCUT2D eigenvalue weighted by molar-refractivity contribution is -0.142. The summed E-state index contributed by atoms with van der Waals surface area (Å²) in [4.78, 5) is 47.6. The quantitative estimate of drug-likeness (QED) is 0.0956. The zero-order chi connectivity index (χ0) is 23.4. The van der Waals surface area contributed by atoms with Gasteiger partial charge in [-0.15, -0.1) is 0 Å². The molecule has 0 saturated carbocycles. The minimum absolute atomic E-state index is 0.0513. The number of carboxylic acid groups (broad SMARTS) is 1. The molecule has 0 spiro atoms. The molecule has 11 N–H and O–H groups in total. The summed E-state index contributed by atoms with van der Waals surface area (Å²) in [7, 11) is 0. The van der Waals surface area contributed by atoms with Gasteiger partial charge in [-0.1, -0.05) is 30.3 Å². The third kappa shape index (κ3) is 10.1. The highest BCUT2D eigenvalue weighted by Gasteiger charge is 2.28. The number of primary amides is 1. The van der Waals surface area contributed by atoms with E-state index < -0.39 is 48.2 Å². The second-order valence-corrected chi connectivity index (χ2v) is 6.91. The molecule has 0 bridgehead atoms. The molecular weight excluding hydrogens is 406 g/mol. The molecular formula is C19H29N7O5. The first kappa shape index (κ1) is 25.4. The molecule has 0 aliphatic carbocycles. The Hall–Kier alpha value is -3.67. The number of hydrogen-bond donors (Lipinski definition) is 8. The van der Waals surface area contributed by atoms with Gasteiger partial charge in [-0.3, -0.25) is 19.8 Å². The number of nitrogens with two attached hydrogens (primary N) is 3. The lowest BCUT2D eigenvalue weighted by Gasteiger charge is -2.23. The van der Waals surface area contributed by atoms with E-state index in [1.807, 2.05) is 0 Å². The van der Waals surface area contributed by atoms with E-state index in [4.69, 9.17) is 22.6 Å². The van der Waals surface area contributed by atoms with Crippen LogP contribution in [0.3, 0.4) is 0 Å². The molecule has 0 aliphatic rings. The summed E-state index contributed by atoms with van der Waals surface area (Å²) in [6.45, 7) is 0.259. The fourth-order valence-corrected chi connectivity index (χ4v) is 2.71. The molecule has 12 nitrogen and oxygen atoms in total. The average molecular weight is 435 g/mol. The van der Waals surface area contributed by atoms with Crippen molar-refractivity contribution < 1.29 is 24.3 Å². The summed E-state index contributed by atoms with van der Waals surface area (Å²) >= 11 is 0. The van der Waals surface area contributed by atoms with Gasteiger partial charge in [-0.25, -0.2) is 4.79 Å². The zero-order valence-electron chi connectivity index (χ0n) is 17.0. The maximum Gasteiger partial charge on any atom is 0.326 e. The van der Waals surface area contributed by atoms with Crippen molar-refractivity contribution >= 4 is 29.7 Å². The minimum Gasteiger partial charge on any atom is -0.480 e. The summed E-state index contributed by atoms with van der Waals surface area (Å²) in [6.07, 6.45) is 0.0890. The molecule has 0 fully saturated rings. The van der Waals surface area contributed by atoms with Crippen molar-refractivity contribution in [2.75, 3.05) is 6.54 Å². The monoisotopic (exact) mass is 435 g/mol. The predicted molar refractivity (Wildman–Crippen MR) is 113 cm³/mol. The molecule has 12 heteroatoms. The number of hydrogen-bond acceptors (Lipinski definition) is 6. The third-order valence-electron chi connectivity index (χ3n) is 4.27. The van der Waals surface area contributed by atoms with Crippen LogP contribution in [0.15, 0.2) is 30.3 Å². The van der Waals surface area contributed by atoms with Gasteiger partial charge in [-0.05, 0) is 18.4 Å². The van der Waals surface area contributed by atoms with E-state index in [0.717, 1.165) is 0 Å². The van der Waals surface area contributed by atoms with Crippen LogP contribution in [-0.2, 0) is 25.6 Å². The minimum atomic E-state index is -1.25. The Morgan fingerprint density at radius 2 is 1.61 bits per heavy atom. The van der Waals surface area contributed by atoms with Crippen LogP contribution < -0.4 is 33.2 Å². The number of carboxylic acids is 1. The summed E-state index contributed by atoms with van der Waals surface area (Å²) in [5.41, 5.74) is 16.6. The SMILES string of the molecule is N=C(N)NCCC[C@@H](NC(=O)[C@H](N)CC(N)=O)C(=O)N[C@@H](Cc1ccccc1)C(=O)O. The lowest BCUT2D eigenvalue weighted by atomic mass is 10.0. The molecule has 3 amide bonds. The van der Waals surface area contributed by atoms with Crippen molar-refractivity contribution in [3.63, 3.8) is 0 Å².